The molecule has 1 aromatic carbocycles. The van der Waals surface area contributed by atoms with Crippen molar-refractivity contribution in [1.29, 1.82) is 0 Å². The predicted molar refractivity (Wildman–Crippen MR) is 100.0 cm³/mol. The van der Waals surface area contributed by atoms with E-state index in [1.807, 2.05) is 30.3 Å². The van der Waals surface area contributed by atoms with Crippen molar-refractivity contribution in [3.8, 4) is 0 Å². The summed E-state index contributed by atoms with van der Waals surface area (Å²) in [6.45, 7) is 3.67. The lowest BCUT2D eigenvalue weighted by Crippen LogP contribution is -2.33. The molecular formula is C19H25NO4S. The van der Waals surface area contributed by atoms with Crippen LogP contribution in [0.1, 0.15) is 31.7 Å². The molecule has 0 saturated carbocycles. The largest absolute Gasteiger partial charge is 0.396 e. The molecule has 0 bridgehead atoms. The van der Waals surface area contributed by atoms with Gasteiger partial charge in [0.25, 0.3) is 11.8 Å². The molecule has 6 heteroatoms. The third-order valence-electron chi connectivity index (χ3n) is 3.84. The Kier molecular flexibility index (Phi) is 8.18. The molecule has 1 aromatic rings. The van der Waals surface area contributed by atoms with Crippen molar-refractivity contribution in [2.75, 3.05) is 32.1 Å². The maximum atomic E-state index is 12.8. The Morgan fingerprint density at radius 2 is 1.80 bits per heavy atom. The van der Waals surface area contributed by atoms with Crippen molar-refractivity contribution in [3.05, 3.63) is 40.8 Å². The van der Waals surface area contributed by atoms with Crippen molar-refractivity contribution in [1.82, 2.24) is 4.90 Å². The minimum absolute atomic E-state index is 0.0387. The number of hydrogen-bond acceptors (Lipinski definition) is 5. The van der Waals surface area contributed by atoms with Gasteiger partial charge >= 0.3 is 0 Å². The second-order valence-electron chi connectivity index (χ2n) is 5.72. The standard InChI is InChI=1S/C19H25NO4S/c1-2-3-12-24-13-7-10-20-18(22)16(15-8-5-4-6-9-15)17(19(20)23)25-14-11-21/h4-6,8-9,21H,2-3,7,10-14H2,1H3. The van der Waals surface area contributed by atoms with Gasteiger partial charge in [0.1, 0.15) is 0 Å². The van der Waals surface area contributed by atoms with Crippen LogP contribution in [0.15, 0.2) is 35.2 Å². The SMILES string of the molecule is CCCCOCCCN1C(=O)C(SCCO)=C(c2ccccc2)C1=O. The Balaban J connectivity index is 2.06. The van der Waals surface area contributed by atoms with Crippen molar-refractivity contribution < 1.29 is 19.4 Å². The van der Waals surface area contributed by atoms with Gasteiger partial charge in [0, 0.05) is 25.5 Å². The smallest absolute Gasteiger partial charge is 0.267 e. The van der Waals surface area contributed by atoms with Gasteiger partial charge in [0.15, 0.2) is 0 Å². The summed E-state index contributed by atoms with van der Waals surface area (Å²) in [4.78, 5) is 27.2. The molecule has 1 aliphatic rings. The number of unbranched alkanes of at least 4 members (excludes halogenated alkanes) is 1. The third kappa shape index (κ3) is 5.17. The number of carbonyl (C=O) groups excluding carboxylic acids is 2. The average Bonchev–Trinajstić information content (AvgIpc) is 2.87. The molecule has 1 N–H and O–H groups in total. The first kappa shape index (κ1) is 19.7. The molecule has 136 valence electrons. The highest BCUT2D eigenvalue weighted by molar-refractivity contribution is 8.04. The lowest BCUT2D eigenvalue weighted by molar-refractivity contribution is -0.136. The molecule has 2 rings (SSSR count). The fourth-order valence-corrected chi connectivity index (χ4v) is 3.45. The van der Waals surface area contributed by atoms with E-state index < -0.39 is 0 Å². The Labute approximate surface area is 153 Å². The lowest BCUT2D eigenvalue weighted by Gasteiger charge is -2.15. The molecule has 25 heavy (non-hydrogen) atoms. The number of aliphatic hydroxyl groups is 1. The van der Waals surface area contributed by atoms with E-state index in [2.05, 4.69) is 6.92 Å². The van der Waals surface area contributed by atoms with Crippen LogP contribution in [0.4, 0.5) is 0 Å². The highest BCUT2D eigenvalue weighted by Gasteiger charge is 2.38. The molecular weight excluding hydrogens is 338 g/mol. The van der Waals surface area contributed by atoms with Gasteiger partial charge in [-0.3, -0.25) is 14.5 Å². The number of nitrogens with zero attached hydrogens (tertiary/aromatic N) is 1. The van der Waals surface area contributed by atoms with Gasteiger partial charge in [0.05, 0.1) is 17.1 Å². The summed E-state index contributed by atoms with van der Waals surface area (Å²) in [7, 11) is 0. The summed E-state index contributed by atoms with van der Waals surface area (Å²) in [5.74, 6) is -0.139. The van der Waals surface area contributed by atoms with Gasteiger partial charge in [-0.25, -0.2) is 0 Å². The fraction of sp³-hybridized carbons (Fsp3) is 0.474. The number of aliphatic hydroxyl groups excluding tert-OH is 1. The van der Waals surface area contributed by atoms with Gasteiger partial charge in [-0.2, -0.15) is 0 Å². The minimum Gasteiger partial charge on any atom is -0.396 e. The lowest BCUT2D eigenvalue weighted by atomic mass is 10.1. The van der Waals surface area contributed by atoms with E-state index in [0.717, 1.165) is 18.4 Å². The summed E-state index contributed by atoms with van der Waals surface area (Å²) in [5.41, 5.74) is 1.18. The maximum absolute atomic E-state index is 12.8. The summed E-state index contributed by atoms with van der Waals surface area (Å²) >= 11 is 1.24. The quantitative estimate of drug-likeness (QED) is 0.484. The summed E-state index contributed by atoms with van der Waals surface area (Å²) in [6.07, 6.45) is 2.73. The molecule has 0 unspecified atom stereocenters. The third-order valence-corrected chi connectivity index (χ3v) is 4.89. The molecule has 1 aliphatic heterocycles. The minimum atomic E-state index is -0.268. The second kappa shape index (κ2) is 10.4. The average molecular weight is 363 g/mol. The maximum Gasteiger partial charge on any atom is 0.267 e. The van der Waals surface area contributed by atoms with Crippen LogP contribution in [0.25, 0.3) is 5.57 Å². The zero-order valence-corrected chi connectivity index (χ0v) is 15.4. The summed E-state index contributed by atoms with van der Waals surface area (Å²) in [5, 5.41) is 9.08. The number of carbonyl (C=O) groups is 2. The monoisotopic (exact) mass is 363 g/mol. The van der Waals surface area contributed by atoms with Gasteiger partial charge in [-0.05, 0) is 18.4 Å². The molecule has 1 heterocycles. The van der Waals surface area contributed by atoms with Crippen LogP contribution >= 0.6 is 11.8 Å². The zero-order valence-electron chi connectivity index (χ0n) is 14.6. The Morgan fingerprint density at radius 1 is 1.08 bits per heavy atom. The molecule has 0 radical (unpaired) electrons. The Morgan fingerprint density at radius 3 is 2.48 bits per heavy atom. The van der Waals surface area contributed by atoms with Crippen molar-refractivity contribution in [2.24, 2.45) is 0 Å². The van der Waals surface area contributed by atoms with E-state index in [1.54, 1.807) is 0 Å². The van der Waals surface area contributed by atoms with E-state index in [0.29, 0.717) is 42.4 Å². The number of rotatable bonds is 11. The molecule has 0 spiro atoms. The van der Waals surface area contributed by atoms with Gasteiger partial charge in [-0.1, -0.05) is 43.7 Å². The number of imide groups is 1. The zero-order chi connectivity index (χ0) is 18.1. The molecule has 2 amide bonds. The van der Waals surface area contributed by atoms with Crippen LogP contribution in [0.2, 0.25) is 0 Å². The molecule has 0 aliphatic carbocycles. The first-order valence-electron chi connectivity index (χ1n) is 8.68. The second-order valence-corrected chi connectivity index (χ2v) is 6.83. The number of amides is 2. The van der Waals surface area contributed by atoms with Crippen LogP contribution in [-0.2, 0) is 14.3 Å². The fourth-order valence-electron chi connectivity index (χ4n) is 2.57. The van der Waals surface area contributed by atoms with Crippen LogP contribution in [-0.4, -0.2) is 53.9 Å². The van der Waals surface area contributed by atoms with Gasteiger partial charge in [-0.15, -0.1) is 11.8 Å². The number of thioether (sulfide) groups is 1. The van der Waals surface area contributed by atoms with E-state index >= 15 is 0 Å². The van der Waals surface area contributed by atoms with Crippen molar-refractivity contribution >= 4 is 29.1 Å². The molecule has 0 atom stereocenters. The number of hydrogen-bond donors (Lipinski definition) is 1. The highest BCUT2D eigenvalue weighted by atomic mass is 32.2. The van der Waals surface area contributed by atoms with E-state index in [1.165, 1.54) is 16.7 Å². The van der Waals surface area contributed by atoms with Gasteiger partial charge in [0.2, 0.25) is 0 Å². The highest BCUT2D eigenvalue weighted by Crippen LogP contribution is 2.35. The van der Waals surface area contributed by atoms with Crippen LogP contribution in [0, 0.1) is 0 Å². The van der Waals surface area contributed by atoms with Crippen LogP contribution < -0.4 is 0 Å². The van der Waals surface area contributed by atoms with Crippen molar-refractivity contribution in [2.45, 2.75) is 26.2 Å². The Bertz CT molecular complexity index is 615. The summed E-state index contributed by atoms with van der Waals surface area (Å²) in [6, 6.07) is 9.23. The first-order valence-corrected chi connectivity index (χ1v) is 9.66. The Hall–Kier alpha value is -1.63. The van der Waals surface area contributed by atoms with Gasteiger partial charge < -0.3 is 9.84 Å². The molecule has 0 aromatic heterocycles. The van der Waals surface area contributed by atoms with E-state index in [-0.39, 0.29) is 18.4 Å². The number of benzene rings is 1. The topological polar surface area (TPSA) is 66.8 Å². The van der Waals surface area contributed by atoms with E-state index in [4.69, 9.17) is 9.84 Å². The van der Waals surface area contributed by atoms with Crippen LogP contribution in [0.3, 0.4) is 0 Å². The predicted octanol–water partition coefficient (Wildman–Crippen LogP) is 2.70. The number of ether oxygens (including phenoxy) is 1. The molecule has 5 nitrogen and oxygen atoms in total. The van der Waals surface area contributed by atoms with E-state index in [9.17, 15) is 9.59 Å². The molecule has 0 fully saturated rings. The van der Waals surface area contributed by atoms with Crippen LogP contribution in [0.5, 0.6) is 0 Å². The molecule has 0 saturated heterocycles. The van der Waals surface area contributed by atoms with Crippen molar-refractivity contribution in [3.63, 3.8) is 0 Å². The first-order chi connectivity index (χ1) is 12.2. The normalized spacial score (nSPS) is 14.7. The summed E-state index contributed by atoms with van der Waals surface area (Å²) < 4.78 is 5.51.